The van der Waals surface area contributed by atoms with Gasteiger partial charge in [0.15, 0.2) is 0 Å². The maximum atomic E-state index is 11.2. The Balaban J connectivity index is 2.20. The predicted octanol–water partition coefficient (Wildman–Crippen LogP) is 1.96. The molecule has 0 amide bonds. The molecule has 0 radical (unpaired) electrons. The standard InChI is InChI=1S/C11H13N3O2S2/c1-8(11-6-17-7-13-11)14-9-3-2-4-10(5-9)18(12,15)16/h2-8,14H,1H3,(H2,12,15,16). The van der Waals surface area contributed by atoms with Crippen molar-refractivity contribution in [2.45, 2.75) is 17.9 Å². The molecule has 18 heavy (non-hydrogen) atoms. The molecule has 0 spiro atoms. The van der Waals surface area contributed by atoms with Gasteiger partial charge in [-0.25, -0.2) is 18.5 Å². The van der Waals surface area contributed by atoms with Gasteiger partial charge >= 0.3 is 0 Å². The van der Waals surface area contributed by atoms with Gasteiger partial charge in [0.2, 0.25) is 10.0 Å². The molecule has 7 heteroatoms. The molecule has 0 saturated carbocycles. The Morgan fingerprint density at radius 2 is 2.22 bits per heavy atom. The van der Waals surface area contributed by atoms with Crippen molar-refractivity contribution in [1.29, 1.82) is 0 Å². The molecule has 1 aromatic carbocycles. The number of aromatic nitrogens is 1. The smallest absolute Gasteiger partial charge is 0.238 e. The van der Waals surface area contributed by atoms with E-state index in [9.17, 15) is 8.42 Å². The maximum Gasteiger partial charge on any atom is 0.238 e. The monoisotopic (exact) mass is 283 g/mol. The summed E-state index contributed by atoms with van der Waals surface area (Å²) in [4.78, 5) is 4.29. The minimum atomic E-state index is -3.67. The van der Waals surface area contributed by atoms with Crippen LogP contribution in [0.3, 0.4) is 0 Å². The summed E-state index contributed by atoms with van der Waals surface area (Å²) >= 11 is 1.52. The van der Waals surface area contributed by atoms with Crippen molar-refractivity contribution < 1.29 is 8.42 Å². The average Bonchev–Trinajstić information content (AvgIpc) is 2.81. The summed E-state index contributed by atoms with van der Waals surface area (Å²) in [5.41, 5.74) is 3.37. The van der Waals surface area contributed by atoms with Crippen LogP contribution in [-0.2, 0) is 10.0 Å². The van der Waals surface area contributed by atoms with Crippen molar-refractivity contribution in [2.75, 3.05) is 5.32 Å². The van der Waals surface area contributed by atoms with Crippen molar-refractivity contribution in [1.82, 2.24) is 4.98 Å². The topological polar surface area (TPSA) is 85.1 Å². The SMILES string of the molecule is CC(Nc1cccc(S(N)(=O)=O)c1)c1cscn1. The maximum absolute atomic E-state index is 11.2. The van der Waals surface area contributed by atoms with Crippen LogP contribution in [0, 0.1) is 0 Å². The number of primary sulfonamides is 1. The van der Waals surface area contributed by atoms with E-state index in [0.29, 0.717) is 5.69 Å². The molecule has 1 aromatic heterocycles. The predicted molar refractivity (Wildman–Crippen MR) is 72.0 cm³/mol. The van der Waals surface area contributed by atoms with Gasteiger partial charge in [-0.05, 0) is 25.1 Å². The number of nitrogens with two attached hydrogens (primary N) is 1. The third-order valence-electron chi connectivity index (χ3n) is 2.44. The quantitative estimate of drug-likeness (QED) is 0.898. The summed E-state index contributed by atoms with van der Waals surface area (Å²) in [6, 6.07) is 6.42. The highest BCUT2D eigenvalue weighted by atomic mass is 32.2. The lowest BCUT2D eigenvalue weighted by atomic mass is 10.2. The van der Waals surface area contributed by atoms with Crippen molar-refractivity contribution in [3.63, 3.8) is 0 Å². The number of benzene rings is 1. The largest absolute Gasteiger partial charge is 0.377 e. The molecule has 1 heterocycles. The van der Waals surface area contributed by atoms with Crippen LogP contribution in [-0.4, -0.2) is 13.4 Å². The highest BCUT2D eigenvalue weighted by Crippen LogP contribution is 2.21. The van der Waals surface area contributed by atoms with E-state index in [-0.39, 0.29) is 10.9 Å². The molecule has 2 aromatic rings. The molecule has 0 aliphatic heterocycles. The fraction of sp³-hybridized carbons (Fsp3) is 0.182. The van der Waals surface area contributed by atoms with Gasteiger partial charge < -0.3 is 5.32 Å². The Hall–Kier alpha value is -1.44. The second-order valence-electron chi connectivity index (χ2n) is 3.85. The summed E-state index contributed by atoms with van der Waals surface area (Å²) in [6.07, 6.45) is 0. The fourth-order valence-electron chi connectivity index (χ4n) is 1.52. The molecule has 0 fully saturated rings. The van der Waals surface area contributed by atoms with Gasteiger partial charge in [-0.1, -0.05) is 6.07 Å². The molecule has 0 aliphatic carbocycles. The Kier molecular flexibility index (Phi) is 3.65. The minimum Gasteiger partial charge on any atom is -0.377 e. The zero-order chi connectivity index (χ0) is 13.2. The van der Waals surface area contributed by atoms with Crippen LogP contribution in [0.1, 0.15) is 18.7 Å². The number of hydrogen-bond acceptors (Lipinski definition) is 5. The number of thiazole rings is 1. The summed E-state index contributed by atoms with van der Waals surface area (Å²) in [5.74, 6) is 0. The Labute approximate surface area is 110 Å². The van der Waals surface area contributed by atoms with Gasteiger partial charge in [0.25, 0.3) is 0 Å². The summed E-state index contributed by atoms with van der Waals surface area (Å²) in [5, 5.41) is 10.2. The molecule has 0 saturated heterocycles. The summed E-state index contributed by atoms with van der Waals surface area (Å²) in [6.45, 7) is 1.96. The number of hydrogen-bond donors (Lipinski definition) is 2. The Morgan fingerprint density at radius 1 is 1.44 bits per heavy atom. The van der Waals surface area contributed by atoms with E-state index >= 15 is 0 Å². The highest BCUT2D eigenvalue weighted by Gasteiger charge is 2.10. The second kappa shape index (κ2) is 5.05. The second-order valence-corrected chi connectivity index (χ2v) is 6.13. The van der Waals surface area contributed by atoms with E-state index in [1.54, 1.807) is 17.6 Å². The number of nitrogens with one attached hydrogen (secondary N) is 1. The average molecular weight is 283 g/mol. The zero-order valence-electron chi connectivity index (χ0n) is 9.70. The van der Waals surface area contributed by atoms with Gasteiger partial charge in [0.1, 0.15) is 0 Å². The first kappa shape index (κ1) is 13.0. The zero-order valence-corrected chi connectivity index (χ0v) is 11.3. The van der Waals surface area contributed by atoms with Gasteiger partial charge in [-0.15, -0.1) is 11.3 Å². The van der Waals surface area contributed by atoms with Gasteiger partial charge in [-0.2, -0.15) is 0 Å². The third kappa shape index (κ3) is 3.06. The molecule has 96 valence electrons. The molecule has 2 rings (SSSR count). The lowest BCUT2D eigenvalue weighted by Crippen LogP contribution is -2.13. The first-order chi connectivity index (χ1) is 8.47. The number of nitrogens with zero attached hydrogens (tertiary/aromatic N) is 1. The van der Waals surface area contributed by atoms with Crippen molar-refractivity contribution in [3.8, 4) is 0 Å². The van der Waals surface area contributed by atoms with Crippen LogP contribution < -0.4 is 10.5 Å². The van der Waals surface area contributed by atoms with Gasteiger partial charge in [-0.3, -0.25) is 0 Å². The lowest BCUT2D eigenvalue weighted by Gasteiger charge is -2.13. The van der Waals surface area contributed by atoms with E-state index in [1.165, 1.54) is 23.5 Å². The molecule has 0 bridgehead atoms. The summed E-state index contributed by atoms with van der Waals surface area (Å²) in [7, 11) is -3.67. The Morgan fingerprint density at radius 3 is 2.83 bits per heavy atom. The van der Waals surface area contributed by atoms with Crippen LogP contribution in [0.25, 0.3) is 0 Å². The van der Waals surface area contributed by atoms with Crippen LogP contribution in [0.15, 0.2) is 40.1 Å². The molecule has 1 atom stereocenters. The van der Waals surface area contributed by atoms with Crippen molar-refractivity contribution >= 4 is 27.0 Å². The molecule has 1 unspecified atom stereocenters. The first-order valence-corrected chi connectivity index (χ1v) is 7.73. The number of anilines is 1. The minimum absolute atomic E-state index is 0.00646. The highest BCUT2D eigenvalue weighted by molar-refractivity contribution is 7.89. The van der Waals surface area contributed by atoms with Crippen LogP contribution in [0.5, 0.6) is 0 Å². The van der Waals surface area contributed by atoms with E-state index < -0.39 is 10.0 Å². The first-order valence-electron chi connectivity index (χ1n) is 5.24. The molecule has 0 aliphatic rings. The van der Waals surface area contributed by atoms with E-state index in [1.807, 2.05) is 12.3 Å². The molecular weight excluding hydrogens is 270 g/mol. The Bertz CT molecular complexity index is 623. The molecule has 3 N–H and O–H groups in total. The lowest BCUT2D eigenvalue weighted by molar-refractivity contribution is 0.598. The summed E-state index contributed by atoms with van der Waals surface area (Å²) < 4.78 is 22.5. The van der Waals surface area contributed by atoms with E-state index in [2.05, 4.69) is 10.3 Å². The van der Waals surface area contributed by atoms with Gasteiger partial charge in [0.05, 0.1) is 22.1 Å². The molecular formula is C11H13N3O2S2. The van der Waals surface area contributed by atoms with Crippen LogP contribution in [0.2, 0.25) is 0 Å². The third-order valence-corrected chi connectivity index (χ3v) is 3.96. The number of sulfonamides is 1. The van der Waals surface area contributed by atoms with Gasteiger partial charge in [0, 0.05) is 11.1 Å². The van der Waals surface area contributed by atoms with E-state index in [0.717, 1.165) is 5.69 Å². The van der Waals surface area contributed by atoms with Crippen LogP contribution >= 0.6 is 11.3 Å². The fourth-order valence-corrected chi connectivity index (χ4v) is 2.73. The molecule has 5 nitrogen and oxygen atoms in total. The van der Waals surface area contributed by atoms with Crippen molar-refractivity contribution in [3.05, 3.63) is 40.8 Å². The number of rotatable bonds is 4. The normalized spacial score (nSPS) is 13.2. The van der Waals surface area contributed by atoms with E-state index in [4.69, 9.17) is 5.14 Å². The van der Waals surface area contributed by atoms with Crippen LogP contribution in [0.4, 0.5) is 5.69 Å². The van der Waals surface area contributed by atoms with Crippen molar-refractivity contribution in [2.24, 2.45) is 5.14 Å².